The summed E-state index contributed by atoms with van der Waals surface area (Å²) in [7, 11) is -2.68. The number of nitrogens with zero attached hydrogens (tertiary/aromatic N) is 2. The molecule has 0 spiro atoms. The molecule has 0 aliphatic rings. The van der Waals surface area contributed by atoms with Crippen LogP contribution in [0, 0.1) is 0 Å². The molecule has 11 heteroatoms. The normalized spacial score (nSPS) is 12.3. The van der Waals surface area contributed by atoms with Crippen molar-refractivity contribution >= 4 is 54.9 Å². The summed E-state index contributed by atoms with van der Waals surface area (Å²) in [5, 5.41) is 1.64. The van der Waals surface area contributed by atoms with Gasteiger partial charge in [-0.1, -0.05) is 17.4 Å². The van der Waals surface area contributed by atoms with E-state index >= 15 is 0 Å². The van der Waals surface area contributed by atoms with E-state index in [1.807, 2.05) is 0 Å². The Bertz CT molecular complexity index is 1190. The van der Waals surface area contributed by atoms with E-state index in [0.29, 0.717) is 15.8 Å². The van der Waals surface area contributed by atoms with E-state index in [0.717, 1.165) is 22.7 Å². The Hall–Kier alpha value is -2.50. The number of benzene rings is 1. The van der Waals surface area contributed by atoms with Crippen molar-refractivity contribution in [2.24, 2.45) is 4.40 Å². The maximum atomic E-state index is 12.6. The first-order chi connectivity index (χ1) is 13.4. The molecule has 0 N–H and O–H groups in total. The second-order valence-corrected chi connectivity index (χ2v) is 9.24. The second kappa shape index (κ2) is 8.25. The van der Waals surface area contributed by atoms with Crippen LogP contribution in [0.1, 0.15) is 17.3 Å². The molecule has 8 nitrogen and oxygen atoms in total. The lowest BCUT2D eigenvalue weighted by molar-refractivity contribution is -0.141. The average molecular weight is 441 g/mol. The van der Waals surface area contributed by atoms with Crippen molar-refractivity contribution in [2.75, 3.05) is 13.7 Å². The van der Waals surface area contributed by atoms with Gasteiger partial charge in [0.25, 0.3) is 10.0 Å². The molecule has 1 aromatic carbocycles. The minimum absolute atomic E-state index is 0.0989. The SMILES string of the molecule is CCOC(=O)c1ccc2c(c1)s/c(=N\S(=O)(=O)c1cccs1)n2CC(=O)OC. The van der Waals surface area contributed by atoms with Crippen molar-refractivity contribution in [1.82, 2.24) is 4.57 Å². The van der Waals surface area contributed by atoms with Crippen molar-refractivity contribution in [1.29, 1.82) is 0 Å². The minimum atomic E-state index is -3.93. The third-order valence-electron chi connectivity index (χ3n) is 3.66. The van der Waals surface area contributed by atoms with Gasteiger partial charge < -0.3 is 14.0 Å². The van der Waals surface area contributed by atoms with Gasteiger partial charge in [0.05, 0.1) is 29.5 Å². The molecule has 3 rings (SSSR count). The summed E-state index contributed by atoms with van der Waals surface area (Å²) in [6.45, 7) is 1.73. The van der Waals surface area contributed by atoms with Crippen LogP contribution >= 0.6 is 22.7 Å². The Morgan fingerprint density at radius 1 is 1.25 bits per heavy atom. The molecule has 0 saturated carbocycles. The summed E-state index contributed by atoms with van der Waals surface area (Å²) in [5.41, 5.74) is 0.886. The Morgan fingerprint density at radius 2 is 2.04 bits per heavy atom. The number of hydrogen-bond acceptors (Lipinski definition) is 8. The molecule has 0 aliphatic heterocycles. The van der Waals surface area contributed by atoms with E-state index < -0.39 is 22.0 Å². The Kier molecular flexibility index (Phi) is 5.96. The fourth-order valence-corrected chi connectivity index (χ4v) is 5.63. The molecule has 28 heavy (non-hydrogen) atoms. The van der Waals surface area contributed by atoms with Crippen LogP contribution in [-0.2, 0) is 30.8 Å². The minimum Gasteiger partial charge on any atom is -0.468 e. The molecule has 0 radical (unpaired) electrons. The summed E-state index contributed by atoms with van der Waals surface area (Å²) in [6.07, 6.45) is 0. The number of thiophene rings is 1. The Labute approximate surface area is 168 Å². The van der Waals surface area contributed by atoms with Gasteiger partial charge in [0, 0.05) is 0 Å². The molecule has 148 valence electrons. The highest BCUT2D eigenvalue weighted by Gasteiger charge is 2.18. The third-order valence-corrected chi connectivity index (χ3v) is 7.45. The van der Waals surface area contributed by atoms with Crippen molar-refractivity contribution in [2.45, 2.75) is 17.7 Å². The topological polar surface area (TPSA) is 104 Å². The zero-order chi connectivity index (χ0) is 20.3. The Morgan fingerprint density at radius 3 is 2.68 bits per heavy atom. The quantitative estimate of drug-likeness (QED) is 0.545. The van der Waals surface area contributed by atoms with Crippen LogP contribution in [-0.4, -0.2) is 38.6 Å². The number of hydrogen-bond donors (Lipinski definition) is 0. The van der Waals surface area contributed by atoms with Gasteiger partial charge in [0.15, 0.2) is 0 Å². The monoisotopic (exact) mass is 440 g/mol. The van der Waals surface area contributed by atoms with Crippen LogP contribution in [0.25, 0.3) is 10.2 Å². The largest absolute Gasteiger partial charge is 0.468 e. The first-order valence-electron chi connectivity index (χ1n) is 8.07. The highest BCUT2D eigenvalue weighted by molar-refractivity contribution is 7.92. The van der Waals surface area contributed by atoms with Crippen molar-refractivity contribution in [3.05, 3.63) is 46.1 Å². The van der Waals surface area contributed by atoms with Crippen LogP contribution in [0.4, 0.5) is 0 Å². The predicted octanol–water partition coefficient (Wildman–Crippen LogP) is 2.40. The van der Waals surface area contributed by atoms with Gasteiger partial charge in [-0.05, 0) is 36.6 Å². The second-order valence-electron chi connectivity index (χ2n) is 5.45. The van der Waals surface area contributed by atoms with Gasteiger partial charge in [-0.3, -0.25) is 4.79 Å². The van der Waals surface area contributed by atoms with Gasteiger partial charge in [0.2, 0.25) is 4.80 Å². The van der Waals surface area contributed by atoms with E-state index in [2.05, 4.69) is 4.40 Å². The zero-order valence-electron chi connectivity index (χ0n) is 14.9. The third kappa shape index (κ3) is 4.16. The number of methoxy groups -OCH3 is 1. The van der Waals surface area contributed by atoms with E-state index in [1.54, 1.807) is 36.6 Å². The zero-order valence-corrected chi connectivity index (χ0v) is 17.4. The number of rotatable bonds is 6. The van der Waals surface area contributed by atoms with Crippen LogP contribution in [0.3, 0.4) is 0 Å². The van der Waals surface area contributed by atoms with Crippen molar-refractivity contribution < 1.29 is 27.5 Å². The molecule has 0 aliphatic carbocycles. The number of aromatic nitrogens is 1. The first kappa shape index (κ1) is 20.2. The summed E-state index contributed by atoms with van der Waals surface area (Å²) < 4.78 is 40.9. The molecule has 0 unspecified atom stereocenters. The van der Waals surface area contributed by atoms with E-state index in [-0.39, 0.29) is 22.2 Å². The maximum absolute atomic E-state index is 12.6. The van der Waals surface area contributed by atoms with Gasteiger partial charge in [-0.2, -0.15) is 8.42 Å². The molecule has 0 saturated heterocycles. The molecule has 0 bridgehead atoms. The maximum Gasteiger partial charge on any atom is 0.338 e. The molecule has 0 atom stereocenters. The predicted molar refractivity (Wildman–Crippen MR) is 105 cm³/mol. The highest BCUT2D eigenvalue weighted by Crippen LogP contribution is 2.22. The number of fused-ring (bicyclic) bond motifs is 1. The van der Waals surface area contributed by atoms with Crippen molar-refractivity contribution in [3.63, 3.8) is 0 Å². The van der Waals surface area contributed by atoms with Gasteiger partial charge >= 0.3 is 11.9 Å². The molecule has 2 aromatic heterocycles. The number of thiazole rings is 1. The molecule has 0 amide bonds. The van der Waals surface area contributed by atoms with Gasteiger partial charge in [-0.15, -0.1) is 15.7 Å². The summed E-state index contributed by atoms with van der Waals surface area (Å²) in [6, 6.07) is 7.84. The summed E-state index contributed by atoms with van der Waals surface area (Å²) in [5.74, 6) is -1.04. The first-order valence-corrected chi connectivity index (χ1v) is 11.2. The number of ether oxygens (including phenoxy) is 2. The number of esters is 2. The fraction of sp³-hybridized carbons (Fsp3) is 0.235. The smallest absolute Gasteiger partial charge is 0.338 e. The number of carbonyl (C=O) groups is 2. The molecule has 0 fully saturated rings. The lowest BCUT2D eigenvalue weighted by atomic mass is 10.2. The summed E-state index contributed by atoms with van der Waals surface area (Å²) >= 11 is 2.11. The van der Waals surface area contributed by atoms with Crippen LogP contribution in [0.2, 0.25) is 0 Å². The van der Waals surface area contributed by atoms with E-state index in [9.17, 15) is 18.0 Å². The van der Waals surface area contributed by atoms with Gasteiger partial charge in [0.1, 0.15) is 10.8 Å². The average Bonchev–Trinajstić information content (AvgIpc) is 3.30. The molecule has 3 aromatic rings. The van der Waals surface area contributed by atoms with Gasteiger partial charge in [-0.25, -0.2) is 4.79 Å². The standard InChI is InChI=1S/C17H16N2O6S3/c1-3-25-16(21)11-6-7-12-13(9-11)27-17(19(12)10-14(20)24-2)18-28(22,23)15-5-4-8-26-15/h4-9H,3,10H2,1-2H3/b18-17-. The van der Waals surface area contributed by atoms with Crippen LogP contribution in [0.15, 0.2) is 44.3 Å². The number of sulfonamides is 1. The van der Waals surface area contributed by atoms with Crippen molar-refractivity contribution in [3.8, 4) is 0 Å². The molecular weight excluding hydrogens is 424 g/mol. The fourth-order valence-electron chi connectivity index (χ4n) is 2.39. The lowest BCUT2D eigenvalue weighted by Gasteiger charge is -2.05. The highest BCUT2D eigenvalue weighted by atomic mass is 32.2. The lowest BCUT2D eigenvalue weighted by Crippen LogP contribution is -2.22. The summed E-state index contributed by atoms with van der Waals surface area (Å²) in [4.78, 5) is 23.9. The molecular formula is C17H16N2O6S3. The Balaban J connectivity index is 2.19. The molecule has 2 heterocycles. The number of carbonyl (C=O) groups excluding carboxylic acids is 2. The van der Waals surface area contributed by atoms with Crippen LogP contribution < -0.4 is 4.80 Å². The van der Waals surface area contributed by atoms with E-state index in [1.165, 1.54) is 17.7 Å². The van der Waals surface area contributed by atoms with E-state index in [4.69, 9.17) is 9.47 Å². The van der Waals surface area contributed by atoms with Crippen LogP contribution in [0.5, 0.6) is 0 Å².